The Morgan fingerprint density at radius 1 is 1.35 bits per heavy atom. The van der Waals surface area contributed by atoms with Crippen LogP contribution in [0, 0.1) is 5.92 Å². The monoisotopic (exact) mass is 270 g/mol. The van der Waals surface area contributed by atoms with Gasteiger partial charge in [-0.1, -0.05) is 31.5 Å². The quantitative estimate of drug-likeness (QED) is 0.816. The van der Waals surface area contributed by atoms with E-state index in [1.165, 1.54) is 19.3 Å². The third kappa shape index (κ3) is 2.63. The van der Waals surface area contributed by atoms with Gasteiger partial charge in [0, 0.05) is 29.2 Å². The first-order chi connectivity index (χ1) is 9.78. The fourth-order valence-electron chi connectivity index (χ4n) is 2.94. The number of rotatable bonds is 6. The van der Waals surface area contributed by atoms with E-state index in [0.29, 0.717) is 6.54 Å². The third-order valence-corrected chi connectivity index (χ3v) is 4.45. The van der Waals surface area contributed by atoms with E-state index >= 15 is 0 Å². The van der Waals surface area contributed by atoms with Crippen LogP contribution in [0.5, 0.6) is 0 Å². The van der Waals surface area contributed by atoms with Gasteiger partial charge in [-0.05, 0) is 31.4 Å². The molecule has 3 heteroatoms. The summed E-state index contributed by atoms with van der Waals surface area (Å²) in [6.07, 6.45) is 5.87. The number of ketones is 1. The summed E-state index contributed by atoms with van der Waals surface area (Å²) in [4.78, 5) is 18.0. The fraction of sp³-hybridized carbons (Fsp3) is 0.471. The molecule has 106 valence electrons. The molecule has 0 unspecified atom stereocenters. The van der Waals surface area contributed by atoms with Gasteiger partial charge in [0.15, 0.2) is 5.78 Å². The van der Waals surface area contributed by atoms with E-state index in [-0.39, 0.29) is 5.78 Å². The maximum absolute atomic E-state index is 12.5. The SMILES string of the molecule is CCN(CC(=O)c1c[nH]c2ccccc12)CC1CCC1. The summed E-state index contributed by atoms with van der Waals surface area (Å²) in [5.41, 5.74) is 1.87. The zero-order valence-electron chi connectivity index (χ0n) is 12.1. The molecule has 1 aliphatic rings. The van der Waals surface area contributed by atoms with Crippen LogP contribution in [0.3, 0.4) is 0 Å². The average molecular weight is 270 g/mol. The van der Waals surface area contributed by atoms with Gasteiger partial charge in [-0.25, -0.2) is 0 Å². The second-order valence-corrected chi connectivity index (χ2v) is 5.80. The predicted molar refractivity (Wildman–Crippen MR) is 82.1 cm³/mol. The Morgan fingerprint density at radius 3 is 2.85 bits per heavy atom. The normalized spacial score (nSPS) is 15.7. The number of hydrogen-bond acceptors (Lipinski definition) is 2. The van der Waals surface area contributed by atoms with Crippen molar-refractivity contribution in [1.29, 1.82) is 0 Å². The van der Waals surface area contributed by atoms with Gasteiger partial charge < -0.3 is 4.98 Å². The molecular formula is C17H22N2O. The molecule has 20 heavy (non-hydrogen) atoms. The number of aromatic nitrogens is 1. The van der Waals surface area contributed by atoms with Crippen LogP contribution in [-0.2, 0) is 0 Å². The second-order valence-electron chi connectivity index (χ2n) is 5.80. The van der Waals surface area contributed by atoms with Gasteiger partial charge >= 0.3 is 0 Å². The zero-order valence-corrected chi connectivity index (χ0v) is 12.1. The van der Waals surface area contributed by atoms with Gasteiger partial charge in [-0.2, -0.15) is 0 Å². The summed E-state index contributed by atoms with van der Waals surface area (Å²) in [6, 6.07) is 8.00. The molecule has 1 aromatic carbocycles. The number of nitrogens with zero attached hydrogens (tertiary/aromatic N) is 1. The molecule has 1 N–H and O–H groups in total. The lowest BCUT2D eigenvalue weighted by Gasteiger charge is -2.31. The molecule has 3 rings (SSSR count). The van der Waals surface area contributed by atoms with E-state index in [4.69, 9.17) is 0 Å². The van der Waals surface area contributed by atoms with Crippen molar-refractivity contribution in [2.75, 3.05) is 19.6 Å². The van der Waals surface area contributed by atoms with Crippen LogP contribution in [0.15, 0.2) is 30.5 Å². The minimum absolute atomic E-state index is 0.226. The lowest BCUT2D eigenvalue weighted by Crippen LogP contribution is -2.36. The van der Waals surface area contributed by atoms with E-state index in [1.807, 2.05) is 30.5 Å². The number of carbonyl (C=O) groups excluding carboxylic acids is 1. The van der Waals surface area contributed by atoms with E-state index in [9.17, 15) is 4.79 Å². The molecule has 0 aliphatic heterocycles. The van der Waals surface area contributed by atoms with Gasteiger partial charge in [0.25, 0.3) is 0 Å². The lowest BCUT2D eigenvalue weighted by molar-refractivity contribution is 0.0906. The molecule has 3 nitrogen and oxygen atoms in total. The number of H-pyrrole nitrogens is 1. The summed E-state index contributed by atoms with van der Waals surface area (Å²) in [5, 5.41) is 1.04. The number of fused-ring (bicyclic) bond motifs is 1. The van der Waals surface area contributed by atoms with Crippen molar-refractivity contribution < 1.29 is 4.79 Å². The van der Waals surface area contributed by atoms with Crippen LogP contribution in [-0.4, -0.2) is 35.3 Å². The number of para-hydroxylation sites is 1. The first kappa shape index (κ1) is 13.4. The maximum atomic E-state index is 12.5. The van der Waals surface area contributed by atoms with Crippen molar-refractivity contribution in [3.05, 3.63) is 36.0 Å². The number of likely N-dealkylation sites (N-methyl/N-ethyl adjacent to an activating group) is 1. The van der Waals surface area contributed by atoms with Crippen LogP contribution >= 0.6 is 0 Å². The first-order valence-corrected chi connectivity index (χ1v) is 7.59. The zero-order chi connectivity index (χ0) is 13.9. The Hall–Kier alpha value is -1.61. The highest BCUT2D eigenvalue weighted by atomic mass is 16.1. The Kier molecular flexibility index (Phi) is 3.88. The molecule has 2 aromatic rings. The molecule has 1 saturated carbocycles. The molecule has 0 amide bonds. The van der Waals surface area contributed by atoms with Crippen LogP contribution in [0.25, 0.3) is 10.9 Å². The standard InChI is InChI=1S/C17H22N2O/c1-2-19(11-13-6-5-7-13)12-17(20)15-10-18-16-9-4-3-8-14(15)16/h3-4,8-10,13,18H,2,5-7,11-12H2,1H3. The third-order valence-electron chi connectivity index (χ3n) is 4.45. The molecule has 0 bridgehead atoms. The molecule has 1 fully saturated rings. The fourth-order valence-corrected chi connectivity index (χ4v) is 2.94. The molecule has 0 radical (unpaired) electrons. The van der Waals surface area contributed by atoms with Crippen LogP contribution in [0.4, 0.5) is 0 Å². The Morgan fingerprint density at radius 2 is 2.15 bits per heavy atom. The van der Waals surface area contributed by atoms with E-state index < -0.39 is 0 Å². The molecule has 0 atom stereocenters. The predicted octanol–water partition coefficient (Wildman–Crippen LogP) is 3.47. The van der Waals surface area contributed by atoms with E-state index in [2.05, 4.69) is 16.8 Å². The van der Waals surface area contributed by atoms with Gasteiger partial charge in [0.1, 0.15) is 0 Å². The van der Waals surface area contributed by atoms with Crippen LogP contribution in [0.2, 0.25) is 0 Å². The van der Waals surface area contributed by atoms with Gasteiger partial charge in [-0.15, -0.1) is 0 Å². The molecule has 1 aromatic heterocycles. The molecule has 0 saturated heterocycles. The van der Waals surface area contributed by atoms with Crippen LogP contribution in [0.1, 0.15) is 36.5 Å². The van der Waals surface area contributed by atoms with E-state index in [1.54, 1.807) is 0 Å². The van der Waals surface area contributed by atoms with Crippen molar-refractivity contribution in [3.8, 4) is 0 Å². The highest BCUT2D eigenvalue weighted by Crippen LogP contribution is 2.27. The Balaban J connectivity index is 1.71. The number of hydrogen-bond donors (Lipinski definition) is 1. The Labute approximate surface area is 120 Å². The number of Topliss-reactive ketones (excluding diaryl/α,β-unsaturated/α-hetero) is 1. The van der Waals surface area contributed by atoms with Crippen LogP contribution < -0.4 is 0 Å². The molecule has 1 heterocycles. The topological polar surface area (TPSA) is 36.1 Å². The van der Waals surface area contributed by atoms with Gasteiger partial charge in [-0.3, -0.25) is 9.69 Å². The maximum Gasteiger partial charge on any atom is 0.178 e. The van der Waals surface area contributed by atoms with Gasteiger partial charge in [0.05, 0.1) is 6.54 Å². The first-order valence-electron chi connectivity index (χ1n) is 7.59. The second kappa shape index (κ2) is 5.80. The number of aromatic amines is 1. The number of carbonyl (C=O) groups is 1. The summed E-state index contributed by atoms with van der Waals surface area (Å²) in [7, 11) is 0. The molecule has 1 aliphatic carbocycles. The lowest BCUT2D eigenvalue weighted by atomic mass is 9.85. The molecular weight excluding hydrogens is 248 g/mol. The largest absolute Gasteiger partial charge is 0.360 e. The summed E-state index contributed by atoms with van der Waals surface area (Å²) in [6.45, 7) is 4.70. The van der Waals surface area contributed by atoms with Crippen molar-refractivity contribution >= 4 is 16.7 Å². The summed E-state index contributed by atoms with van der Waals surface area (Å²) in [5.74, 6) is 1.04. The van der Waals surface area contributed by atoms with Crippen molar-refractivity contribution in [1.82, 2.24) is 9.88 Å². The van der Waals surface area contributed by atoms with Crippen molar-refractivity contribution in [2.45, 2.75) is 26.2 Å². The van der Waals surface area contributed by atoms with Crippen molar-refractivity contribution in [3.63, 3.8) is 0 Å². The van der Waals surface area contributed by atoms with Gasteiger partial charge in [0.2, 0.25) is 0 Å². The highest BCUT2D eigenvalue weighted by Gasteiger charge is 2.22. The summed E-state index contributed by atoms with van der Waals surface area (Å²) < 4.78 is 0. The minimum atomic E-state index is 0.226. The minimum Gasteiger partial charge on any atom is -0.360 e. The van der Waals surface area contributed by atoms with Crippen molar-refractivity contribution in [2.24, 2.45) is 5.92 Å². The number of benzene rings is 1. The highest BCUT2D eigenvalue weighted by molar-refractivity contribution is 6.08. The smallest absolute Gasteiger partial charge is 0.178 e. The Bertz CT molecular complexity index is 598. The average Bonchev–Trinajstić information content (AvgIpc) is 2.85. The van der Waals surface area contributed by atoms with E-state index in [0.717, 1.165) is 35.5 Å². The molecule has 0 spiro atoms. The summed E-state index contributed by atoms with van der Waals surface area (Å²) >= 11 is 0. The number of nitrogens with one attached hydrogen (secondary N) is 1.